The Morgan fingerprint density at radius 1 is 1.57 bits per heavy atom. The molecule has 14 heavy (non-hydrogen) atoms. The fourth-order valence-electron chi connectivity index (χ4n) is 1.43. The van der Waals surface area contributed by atoms with Crippen LogP contribution in [-0.4, -0.2) is 16.2 Å². The molecule has 0 aromatic carbocycles. The molecule has 0 radical (unpaired) electrons. The maximum Gasteiger partial charge on any atom is 0.371 e. The van der Waals surface area contributed by atoms with Crippen molar-refractivity contribution in [1.29, 1.82) is 0 Å². The van der Waals surface area contributed by atoms with Crippen LogP contribution in [0.2, 0.25) is 0 Å². The molecule has 0 aliphatic heterocycles. The normalized spacial score (nSPS) is 20.4. The average molecular weight is 196 g/mol. The Kier molecular flexibility index (Phi) is 1.89. The quantitative estimate of drug-likeness (QED) is 0.773. The van der Waals surface area contributed by atoms with Gasteiger partial charge in [0.25, 0.3) is 0 Å². The molecule has 2 N–H and O–H groups in total. The lowest BCUT2D eigenvalue weighted by Crippen LogP contribution is -2.08. The van der Waals surface area contributed by atoms with Gasteiger partial charge in [0.1, 0.15) is 11.9 Å². The number of aliphatic hydroxyl groups is 1. The predicted octanol–water partition coefficient (Wildman–Crippen LogP) is 1.81. The highest BCUT2D eigenvalue weighted by Gasteiger charge is 2.46. The van der Waals surface area contributed by atoms with Crippen LogP contribution in [0.25, 0.3) is 0 Å². The van der Waals surface area contributed by atoms with Gasteiger partial charge in [-0.1, -0.05) is 6.92 Å². The summed E-state index contributed by atoms with van der Waals surface area (Å²) in [7, 11) is 0. The van der Waals surface area contributed by atoms with Crippen LogP contribution in [-0.2, 0) is 0 Å². The van der Waals surface area contributed by atoms with Crippen LogP contribution in [0.5, 0.6) is 0 Å². The Morgan fingerprint density at radius 2 is 2.21 bits per heavy atom. The topological polar surface area (TPSA) is 70.7 Å². The van der Waals surface area contributed by atoms with Crippen molar-refractivity contribution in [3.8, 4) is 0 Å². The van der Waals surface area contributed by atoms with Gasteiger partial charge in [-0.3, -0.25) is 0 Å². The third-order valence-electron chi connectivity index (χ3n) is 2.81. The van der Waals surface area contributed by atoms with E-state index >= 15 is 0 Å². The van der Waals surface area contributed by atoms with Crippen molar-refractivity contribution in [3.63, 3.8) is 0 Å². The molecule has 76 valence electrons. The maximum atomic E-state index is 10.5. The van der Waals surface area contributed by atoms with Crippen molar-refractivity contribution in [2.75, 3.05) is 0 Å². The monoisotopic (exact) mass is 196 g/mol. The van der Waals surface area contributed by atoms with E-state index in [1.165, 1.54) is 12.1 Å². The zero-order valence-corrected chi connectivity index (χ0v) is 7.86. The molecule has 1 aliphatic rings. The molecule has 1 aromatic heterocycles. The van der Waals surface area contributed by atoms with Crippen LogP contribution < -0.4 is 0 Å². The average Bonchev–Trinajstić information content (AvgIpc) is 2.69. The van der Waals surface area contributed by atoms with E-state index in [4.69, 9.17) is 9.52 Å². The Morgan fingerprint density at radius 3 is 2.64 bits per heavy atom. The van der Waals surface area contributed by atoms with E-state index in [1.54, 1.807) is 0 Å². The molecule has 1 heterocycles. The van der Waals surface area contributed by atoms with Gasteiger partial charge < -0.3 is 14.6 Å². The summed E-state index contributed by atoms with van der Waals surface area (Å²) in [6.45, 7) is 1.96. The van der Waals surface area contributed by atoms with Crippen molar-refractivity contribution < 1.29 is 19.4 Å². The Hall–Kier alpha value is -1.29. The van der Waals surface area contributed by atoms with Gasteiger partial charge in [0.05, 0.1) is 0 Å². The predicted molar refractivity (Wildman–Crippen MR) is 48.0 cm³/mol. The van der Waals surface area contributed by atoms with Crippen LogP contribution in [0.1, 0.15) is 42.2 Å². The number of hydrogen-bond donors (Lipinski definition) is 2. The van der Waals surface area contributed by atoms with Crippen LogP contribution >= 0.6 is 0 Å². The maximum absolute atomic E-state index is 10.5. The Labute approximate surface area is 81.2 Å². The van der Waals surface area contributed by atoms with Gasteiger partial charge in [0.2, 0.25) is 5.76 Å². The molecule has 0 spiro atoms. The summed E-state index contributed by atoms with van der Waals surface area (Å²) in [5.41, 5.74) is -0.117. The summed E-state index contributed by atoms with van der Waals surface area (Å²) in [6, 6.07) is 2.89. The van der Waals surface area contributed by atoms with Crippen molar-refractivity contribution in [2.24, 2.45) is 5.41 Å². The van der Waals surface area contributed by atoms with E-state index in [0.29, 0.717) is 5.76 Å². The minimum atomic E-state index is -1.11. The van der Waals surface area contributed by atoms with E-state index in [1.807, 2.05) is 6.92 Å². The van der Waals surface area contributed by atoms with Gasteiger partial charge >= 0.3 is 5.97 Å². The van der Waals surface area contributed by atoms with Crippen molar-refractivity contribution in [3.05, 3.63) is 23.7 Å². The highest BCUT2D eigenvalue weighted by Crippen LogP contribution is 2.54. The molecule has 1 saturated carbocycles. The van der Waals surface area contributed by atoms with Crippen LogP contribution in [0.15, 0.2) is 16.5 Å². The summed E-state index contributed by atoms with van der Waals surface area (Å²) >= 11 is 0. The second-order valence-electron chi connectivity index (χ2n) is 4.06. The zero-order valence-electron chi connectivity index (χ0n) is 7.86. The van der Waals surface area contributed by atoms with E-state index in [-0.39, 0.29) is 11.2 Å². The first-order valence-electron chi connectivity index (χ1n) is 4.54. The summed E-state index contributed by atoms with van der Waals surface area (Å²) in [5.74, 6) is -0.880. The number of carbonyl (C=O) groups is 1. The summed E-state index contributed by atoms with van der Waals surface area (Å²) in [6.07, 6.45) is 1.23. The minimum absolute atomic E-state index is 0.117. The van der Waals surface area contributed by atoms with Crippen molar-refractivity contribution in [2.45, 2.75) is 25.9 Å². The van der Waals surface area contributed by atoms with E-state index in [2.05, 4.69) is 0 Å². The highest BCUT2D eigenvalue weighted by atomic mass is 16.4. The van der Waals surface area contributed by atoms with Crippen LogP contribution in [0.3, 0.4) is 0 Å². The third kappa shape index (κ3) is 1.42. The fourth-order valence-corrected chi connectivity index (χ4v) is 1.43. The highest BCUT2D eigenvalue weighted by molar-refractivity contribution is 5.84. The second-order valence-corrected chi connectivity index (χ2v) is 4.06. The molecule has 1 atom stereocenters. The molecular formula is C10H12O4. The number of furan rings is 1. The standard InChI is InChI=1S/C10H12O4/c1-10(4-5-10)8(11)6-2-3-7(14-6)9(12)13/h2-3,8,11H,4-5H2,1H3,(H,12,13). The summed E-state index contributed by atoms with van der Waals surface area (Å²) < 4.78 is 5.02. The van der Waals surface area contributed by atoms with Gasteiger partial charge in [0, 0.05) is 5.41 Å². The second kappa shape index (κ2) is 2.85. The van der Waals surface area contributed by atoms with Gasteiger partial charge in [-0.25, -0.2) is 4.79 Å². The summed E-state index contributed by atoms with van der Waals surface area (Å²) in [5, 5.41) is 18.5. The molecule has 4 nitrogen and oxygen atoms in total. The molecule has 4 heteroatoms. The molecule has 0 saturated heterocycles. The fraction of sp³-hybridized carbons (Fsp3) is 0.500. The number of hydrogen-bond acceptors (Lipinski definition) is 3. The van der Waals surface area contributed by atoms with Crippen molar-refractivity contribution >= 4 is 5.97 Å². The molecule has 0 amide bonds. The van der Waals surface area contributed by atoms with Gasteiger partial charge in [-0.2, -0.15) is 0 Å². The molecule has 1 fully saturated rings. The number of carboxylic acid groups (broad SMARTS) is 1. The first-order valence-corrected chi connectivity index (χ1v) is 4.54. The SMILES string of the molecule is CC1(C(O)c2ccc(C(=O)O)o2)CC1. The van der Waals surface area contributed by atoms with E-state index in [0.717, 1.165) is 12.8 Å². The molecule has 0 bridgehead atoms. The summed E-state index contributed by atoms with van der Waals surface area (Å²) in [4.78, 5) is 10.5. The van der Waals surface area contributed by atoms with Crippen molar-refractivity contribution in [1.82, 2.24) is 0 Å². The lowest BCUT2D eigenvalue weighted by molar-refractivity contribution is 0.0614. The van der Waals surface area contributed by atoms with E-state index < -0.39 is 12.1 Å². The van der Waals surface area contributed by atoms with Gasteiger partial charge in [-0.15, -0.1) is 0 Å². The Bertz CT molecular complexity index is 362. The lowest BCUT2D eigenvalue weighted by atomic mass is 10.0. The molecular weight excluding hydrogens is 184 g/mol. The number of aliphatic hydroxyl groups excluding tert-OH is 1. The smallest absolute Gasteiger partial charge is 0.371 e. The van der Waals surface area contributed by atoms with Gasteiger partial charge in [0.15, 0.2) is 0 Å². The first kappa shape index (κ1) is 9.27. The lowest BCUT2D eigenvalue weighted by Gasteiger charge is -2.14. The molecule has 1 aromatic rings. The number of aromatic carboxylic acids is 1. The van der Waals surface area contributed by atoms with Crippen LogP contribution in [0, 0.1) is 5.41 Å². The first-order chi connectivity index (χ1) is 6.53. The molecule has 1 unspecified atom stereocenters. The molecule has 1 aliphatic carbocycles. The number of rotatable bonds is 3. The number of carboxylic acids is 1. The van der Waals surface area contributed by atoms with Crippen LogP contribution in [0.4, 0.5) is 0 Å². The minimum Gasteiger partial charge on any atom is -0.475 e. The largest absolute Gasteiger partial charge is 0.475 e. The molecule has 2 rings (SSSR count). The Balaban J connectivity index is 2.20. The van der Waals surface area contributed by atoms with E-state index in [9.17, 15) is 9.90 Å². The van der Waals surface area contributed by atoms with Gasteiger partial charge in [-0.05, 0) is 25.0 Å². The zero-order chi connectivity index (χ0) is 10.3. The third-order valence-corrected chi connectivity index (χ3v) is 2.81.